The summed E-state index contributed by atoms with van der Waals surface area (Å²) in [4.78, 5) is 26.4. The van der Waals surface area contributed by atoms with Gasteiger partial charge in [0.15, 0.2) is 46.0 Å². The largest absolute Gasteiger partial charge is 0.493 e. The van der Waals surface area contributed by atoms with Crippen LogP contribution in [0.5, 0.6) is 46.0 Å². The van der Waals surface area contributed by atoms with Gasteiger partial charge in [-0.25, -0.2) is 0 Å². The van der Waals surface area contributed by atoms with Crippen LogP contribution in [0.25, 0.3) is 0 Å². The average Bonchev–Trinajstić information content (AvgIpc) is 3.35. The van der Waals surface area contributed by atoms with E-state index >= 15 is 0 Å². The molecule has 364 valence electrons. The highest BCUT2D eigenvalue weighted by molar-refractivity contribution is 5.69. The molecule has 4 aromatic carbocycles. The zero-order chi connectivity index (χ0) is 48.1. The summed E-state index contributed by atoms with van der Waals surface area (Å²) < 4.78 is 57.8. The lowest BCUT2D eigenvalue weighted by Gasteiger charge is -2.46. The smallest absolute Gasteiger partial charge is 0.311 e. The maximum absolute atomic E-state index is 13.2. The van der Waals surface area contributed by atoms with Crippen LogP contribution in [0.2, 0.25) is 0 Å². The first kappa shape index (κ1) is 50.6. The Kier molecular flexibility index (Phi) is 17.5. The highest BCUT2D eigenvalue weighted by atomic mass is 16.5. The monoisotopic (exact) mass is 929 g/mol. The minimum absolute atomic E-state index is 0.0393. The molecule has 0 radical (unpaired) electrons. The summed E-state index contributed by atoms with van der Waals surface area (Å²) in [5.74, 6) is 5.06. The SMILES string of the molecule is COc1ccc(C[C@H]2c3cc(OC)c(OC)cc3CC[N@+]2(C)CCC(=O)OCCCCCOC(=O)CC[N@@+]2(C)CCc3cc(OC)c(OC)cc3[C@@H]2Cc2ccc(OC)c(OC)c2)cc1OC. The van der Waals surface area contributed by atoms with Gasteiger partial charge in [-0.15, -0.1) is 0 Å². The number of hydrogen-bond acceptors (Lipinski definition) is 12. The molecule has 6 rings (SSSR count). The van der Waals surface area contributed by atoms with Gasteiger partial charge in [0, 0.05) is 36.8 Å². The van der Waals surface area contributed by atoms with Crippen molar-refractivity contribution in [2.75, 3.05) is 110 Å². The number of nitrogens with zero attached hydrogens (tertiary/aromatic N) is 2. The Balaban J connectivity index is 0.987. The summed E-state index contributed by atoms with van der Waals surface area (Å²) in [6.45, 7) is 3.57. The molecule has 0 bridgehead atoms. The molecule has 0 unspecified atom stereocenters. The fraction of sp³-hybridized carbons (Fsp3) is 0.509. The number of rotatable bonds is 24. The Morgan fingerprint density at radius 1 is 0.463 bits per heavy atom. The molecule has 0 saturated heterocycles. The first-order valence-corrected chi connectivity index (χ1v) is 23.3. The van der Waals surface area contributed by atoms with Crippen molar-refractivity contribution in [2.24, 2.45) is 0 Å². The van der Waals surface area contributed by atoms with Gasteiger partial charge in [-0.05, 0) is 90.0 Å². The van der Waals surface area contributed by atoms with Crippen molar-refractivity contribution < 1.29 is 65.9 Å². The Hall–Kier alpha value is -5.86. The van der Waals surface area contributed by atoms with E-state index in [1.807, 2.05) is 24.3 Å². The Morgan fingerprint density at radius 2 is 0.806 bits per heavy atom. The molecule has 67 heavy (non-hydrogen) atoms. The van der Waals surface area contributed by atoms with Crippen LogP contribution < -0.4 is 37.9 Å². The van der Waals surface area contributed by atoms with Crippen LogP contribution in [0.4, 0.5) is 0 Å². The number of esters is 2. The summed E-state index contributed by atoms with van der Waals surface area (Å²) in [5.41, 5.74) is 7.00. The van der Waals surface area contributed by atoms with E-state index in [2.05, 4.69) is 50.5 Å². The van der Waals surface area contributed by atoms with E-state index in [-0.39, 0.29) is 24.0 Å². The Bertz CT molecular complexity index is 2160. The maximum atomic E-state index is 13.2. The van der Waals surface area contributed by atoms with Gasteiger partial charge >= 0.3 is 11.9 Å². The van der Waals surface area contributed by atoms with E-state index in [0.717, 1.165) is 56.3 Å². The molecule has 2 heterocycles. The lowest BCUT2D eigenvalue weighted by atomic mass is 9.86. The van der Waals surface area contributed by atoms with E-state index in [1.54, 1.807) is 56.9 Å². The summed E-state index contributed by atoms with van der Waals surface area (Å²) in [7, 11) is 17.6. The molecular weight excluding hydrogens is 857 g/mol. The molecule has 0 fully saturated rings. The molecule has 0 spiro atoms. The Morgan fingerprint density at radius 3 is 1.16 bits per heavy atom. The number of quaternary nitrogens is 2. The molecule has 14 nitrogen and oxygen atoms in total. The quantitative estimate of drug-likeness (QED) is 0.0383. The molecule has 0 amide bonds. The van der Waals surface area contributed by atoms with Crippen molar-refractivity contribution in [1.82, 2.24) is 0 Å². The van der Waals surface area contributed by atoms with Gasteiger partial charge in [0.25, 0.3) is 0 Å². The Labute approximate surface area is 397 Å². The molecule has 4 atom stereocenters. The number of unbranched alkanes of at least 4 members (excludes halogenated alkanes) is 2. The molecule has 14 heteroatoms. The van der Waals surface area contributed by atoms with E-state index in [0.29, 0.717) is 107 Å². The number of hydrogen-bond donors (Lipinski definition) is 0. The van der Waals surface area contributed by atoms with Crippen LogP contribution >= 0.6 is 0 Å². The summed E-state index contributed by atoms with van der Waals surface area (Å²) in [6.07, 6.45) is 5.85. The fourth-order valence-corrected chi connectivity index (χ4v) is 9.91. The molecule has 0 N–H and O–H groups in total. The van der Waals surface area contributed by atoms with Gasteiger partial charge in [-0.3, -0.25) is 9.59 Å². The third-order valence-corrected chi connectivity index (χ3v) is 14.0. The van der Waals surface area contributed by atoms with Crippen molar-refractivity contribution >= 4 is 11.9 Å². The highest BCUT2D eigenvalue weighted by Crippen LogP contribution is 2.45. The second kappa shape index (κ2) is 23.2. The van der Waals surface area contributed by atoms with Gasteiger partial charge < -0.3 is 56.3 Å². The maximum Gasteiger partial charge on any atom is 0.311 e. The number of carbonyl (C=O) groups excluding carboxylic acids is 2. The van der Waals surface area contributed by atoms with Crippen LogP contribution in [-0.4, -0.2) is 131 Å². The van der Waals surface area contributed by atoms with Crippen LogP contribution in [0.3, 0.4) is 0 Å². The second-order valence-electron chi connectivity index (χ2n) is 18.0. The van der Waals surface area contributed by atoms with Crippen molar-refractivity contribution in [3.8, 4) is 46.0 Å². The topological polar surface area (TPSA) is 126 Å². The first-order valence-electron chi connectivity index (χ1n) is 23.3. The molecule has 0 saturated carbocycles. The molecule has 2 aliphatic heterocycles. The van der Waals surface area contributed by atoms with Crippen LogP contribution in [-0.2, 0) is 44.7 Å². The molecule has 2 aliphatic rings. The van der Waals surface area contributed by atoms with E-state index in [9.17, 15) is 9.59 Å². The van der Waals surface area contributed by atoms with Gasteiger partial charge in [0.05, 0.1) is 123 Å². The van der Waals surface area contributed by atoms with Crippen LogP contribution in [0.15, 0.2) is 60.7 Å². The second-order valence-corrected chi connectivity index (χ2v) is 18.0. The number of ether oxygens (including phenoxy) is 10. The lowest BCUT2D eigenvalue weighted by Crippen LogP contribution is -2.53. The third kappa shape index (κ3) is 12.0. The number of likely N-dealkylation sites (N-methyl/N-ethyl adjacent to an activating group) is 2. The van der Waals surface area contributed by atoms with Crippen molar-refractivity contribution in [1.29, 1.82) is 0 Å². The number of methoxy groups -OCH3 is 8. The zero-order valence-electron chi connectivity index (χ0n) is 41.3. The van der Waals surface area contributed by atoms with Gasteiger partial charge in [-0.1, -0.05) is 12.1 Å². The summed E-state index contributed by atoms with van der Waals surface area (Å²) >= 11 is 0. The van der Waals surface area contributed by atoms with Gasteiger partial charge in [-0.2, -0.15) is 0 Å². The minimum atomic E-state index is -0.215. The number of fused-ring (bicyclic) bond motifs is 2. The number of carbonyl (C=O) groups is 2. The third-order valence-electron chi connectivity index (χ3n) is 14.0. The van der Waals surface area contributed by atoms with Gasteiger partial charge in [0.1, 0.15) is 12.1 Å². The molecular formula is C53H72N2O12+2. The zero-order valence-corrected chi connectivity index (χ0v) is 41.3. The van der Waals surface area contributed by atoms with Gasteiger partial charge in [0.2, 0.25) is 0 Å². The predicted octanol–water partition coefficient (Wildman–Crippen LogP) is 8.07. The fourth-order valence-electron chi connectivity index (χ4n) is 9.91. The summed E-state index contributed by atoms with van der Waals surface area (Å²) in [6, 6.07) is 20.5. The molecule has 0 aliphatic carbocycles. The van der Waals surface area contributed by atoms with Crippen LogP contribution in [0, 0.1) is 0 Å². The average molecular weight is 929 g/mol. The van der Waals surface area contributed by atoms with E-state index < -0.39 is 0 Å². The molecule has 4 aromatic rings. The van der Waals surface area contributed by atoms with Crippen LogP contribution in [0.1, 0.15) is 77.6 Å². The lowest BCUT2D eigenvalue weighted by molar-refractivity contribution is -0.940. The van der Waals surface area contributed by atoms with Crippen molar-refractivity contribution in [2.45, 2.75) is 69.9 Å². The van der Waals surface area contributed by atoms with E-state index in [1.165, 1.54) is 22.3 Å². The van der Waals surface area contributed by atoms with Crippen molar-refractivity contribution in [3.05, 3.63) is 94.0 Å². The highest BCUT2D eigenvalue weighted by Gasteiger charge is 2.42. The minimum Gasteiger partial charge on any atom is -0.493 e. The summed E-state index contributed by atoms with van der Waals surface area (Å²) in [5, 5.41) is 0. The molecule has 0 aromatic heterocycles. The van der Waals surface area contributed by atoms with E-state index in [4.69, 9.17) is 47.4 Å². The van der Waals surface area contributed by atoms with Crippen molar-refractivity contribution in [3.63, 3.8) is 0 Å². The standard InChI is InChI=1S/C53H72N2O12/c1-54(22-18-38-32-48(62-7)50(64-9)34-40(38)42(54)28-36-14-16-44(58-3)46(30-36)60-5)24-20-52(56)66-26-12-11-13-27-67-53(57)21-25-55(2)23-19-39-33-49(63-8)51(65-10)35-41(39)43(55)29-37-15-17-45(59-4)47(31-37)61-6/h14-17,30-35,42-43H,11-13,18-29H2,1-10H3/q+2/t42-,43-,54+,55+/m0/s1. The first-order chi connectivity index (χ1) is 32.4. The predicted molar refractivity (Wildman–Crippen MR) is 255 cm³/mol. The normalized spacial score (nSPS) is 19.6. The number of benzene rings is 4.